The number of piperazine rings is 1. The molecule has 4 nitrogen and oxygen atoms in total. The fourth-order valence-electron chi connectivity index (χ4n) is 2.25. The first-order chi connectivity index (χ1) is 6.91. The Labute approximate surface area is 92.9 Å². The van der Waals surface area contributed by atoms with Crippen molar-refractivity contribution in [3.05, 3.63) is 0 Å². The zero-order chi connectivity index (χ0) is 11.6. The van der Waals surface area contributed by atoms with Gasteiger partial charge in [0, 0.05) is 37.6 Å². The molecule has 15 heavy (non-hydrogen) atoms. The van der Waals surface area contributed by atoms with Gasteiger partial charge in [-0.05, 0) is 27.8 Å². The predicted octanol–water partition coefficient (Wildman–Crippen LogP) is 0.725. The fraction of sp³-hybridized carbons (Fsp3) is 0.909. The van der Waals surface area contributed by atoms with Gasteiger partial charge in [0.15, 0.2) is 0 Å². The van der Waals surface area contributed by atoms with Gasteiger partial charge in [-0.1, -0.05) is 0 Å². The van der Waals surface area contributed by atoms with Crippen LogP contribution in [0.5, 0.6) is 0 Å². The van der Waals surface area contributed by atoms with Gasteiger partial charge in [0.25, 0.3) is 0 Å². The van der Waals surface area contributed by atoms with Crippen LogP contribution in [0.3, 0.4) is 0 Å². The summed E-state index contributed by atoms with van der Waals surface area (Å²) in [5, 5.41) is 7.32. The summed E-state index contributed by atoms with van der Waals surface area (Å²) in [4.78, 5) is 4.85. The average Bonchev–Trinajstić information content (AvgIpc) is 2.12. The minimum Gasteiger partial charge on any atom is -0.388 e. The van der Waals surface area contributed by atoms with Crippen molar-refractivity contribution in [1.29, 1.82) is 5.41 Å². The third-order valence-electron chi connectivity index (χ3n) is 3.53. The Morgan fingerprint density at radius 2 is 1.87 bits per heavy atom. The molecule has 0 radical (unpaired) electrons. The number of nitrogens with zero attached hydrogens (tertiary/aromatic N) is 2. The molecule has 0 amide bonds. The van der Waals surface area contributed by atoms with Crippen LogP contribution in [0.1, 0.15) is 27.2 Å². The first-order valence-electron chi connectivity index (χ1n) is 5.70. The lowest BCUT2D eigenvalue weighted by Crippen LogP contribution is -2.57. The summed E-state index contributed by atoms with van der Waals surface area (Å²) in [6.07, 6.45) is 0.684. The lowest BCUT2D eigenvalue weighted by Gasteiger charge is -2.44. The molecule has 0 aromatic carbocycles. The van der Waals surface area contributed by atoms with E-state index in [4.69, 9.17) is 11.1 Å². The third-order valence-corrected chi connectivity index (χ3v) is 3.53. The van der Waals surface area contributed by atoms with Crippen LogP contribution in [-0.4, -0.2) is 53.9 Å². The van der Waals surface area contributed by atoms with Gasteiger partial charge in [0.2, 0.25) is 0 Å². The second-order valence-corrected chi connectivity index (χ2v) is 4.90. The van der Waals surface area contributed by atoms with Gasteiger partial charge in [-0.15, -0.1) is 0 Å². The van der Waals surface area contributed by atoms with E-state index in [2.05, 4.69) is 37.6 Å². The summed E-state index contributed by atoms with van der Waals surface area (Å²) in [5.74, 6) is 0.293. The number of rotatable bonds is 3. The zero-order valence-electron chi connectivity index (χ0n) is 10.3. The second kappa shape index (κ2) is 4.94. The number of hydrogen-bond donors (Lipinski definition) is 2. The lowest BCUT2D eigenvalue weighted by molar-refractivity contribution is 0.0397. The molecular formula is C11H24N4. The summed E-state index contributed by atoms with van der Waals surface area (Å²) < 4.78 is 0. The Morgan fingerprint density at radius 3 is 2.27 bits per heavy atom. The maximum atomic E-state index is 7.32. The molecule has 3 unspecified atom stereocenters. The molecule has 1 fully saturated rings. The van der Waals surface area contributed by atoms with Crippen LogP contribution < -0.4 is 5.73 Å². The van der Waals surface area contributed by atoms with E-state index in [-0.39, 0.29) is 0 Å². The number of amidine groups is 1. The van der Waals surface area contributed by atoms with Crippen LogP contribution in [0.25, 0.3) is 0 Å². The van der Waals surface area contributed by atoms with E-state index in [0.717, 1.165) is 13.1 Å². The van der Waals surface area contributed by atoms with E-state index in [1.165, 1.54) is 0 Å². The van der Waals surface area contributed by atoms with Crippen molar-refractivity contribution in [1.82, 2.24) is 9.80 Å². The van der Waals surface area contributed by atoms with Gasteiger partial charge in [0.05, 0.1) is 5.84 Å². The van der Waals surface area contributed by atoms with Crippen molar-refractivity contribution < 1.29 is 0 Å². The van der Waals surface area contributed by atoms with Crippen LogP contribution in [0.4, 0.5) is 0 Å². The first kappa shape index (κ1) is 12.5. The van der Waals surface area contributed by atoms with E-state index in [9.17, 15) is 0 Å². The van der Waals surface area contributed by atoms with E-state index in [1.54, 1.807) is 0 Å². The Morgan fingerprint density at radius 1 is 1.40 bits per heavy atom. The minimum atomic E-state index is 0.293. The van der Waals surface area contributed by atoms with Crippen LogP contribution in [0.2, 0.25) is 0 Å². The molecule has 0 spiro atoms. The highest BCUT2D eigenvalue weighted by molar-refractivity contribution is 5.77. The highest BCUT2D eigenvalue weighted by Crippen LogP contribution is 2.16. The van der Waals surface area contributed by atoms with Crippen LogP contribution in [0.15, 0.2) is 0 Å². The molecule has 0 aromatic heterocycles. The summed E-state index contributed by atoms with van der Waals surface area (Å²) >= 11 is 0. The zero-order valence-corrected chi connectivity index (χ0v) is 10.3. The van der Waals surface area contributed by atoms with Crippen molar-refractivity contribution >= 4 is 5.84 Å². The maximum Gasteiger partial charge on any atom is 0.0920 e. The van der Waals surface area contributed by atoms with Gasteiger partial charge in [-0.3, -0.25) is 15.2 Å². The largest absolute Gasteiger partial charge is 0.388 e. The monoisotopic (exact) mass is 212 g/mol. The highest BCUT2D eigenvalue weighted by Gasteiger charge is 2.28. The number of hydrogen-bond acceptors (Lipinski definition) is 3. The Balaban J connectivity index is 2.53. The van der Waals surface area contributed by atoms with Gasteiger partial charge >= 0.3 is 0 Å². The molecule has 3 atom stereocenters. The second-order valence-electron chi connectivity index (χ2n) is 4.90. The molecule has 3 N–H and O–H groups in total. The normalized spacial score (nSPS) is 31.5. The molecule has 1 aliphatic rings. The topological polar surface area (TPSA) is 56.4 Å². The van der Waals surface area contributed by atoms with E-state index >= 15 is 0 Å². The smallest absolute Gasteiger partial charge is 0.0920 e. The number of nitrogens with two attached hydrogens (primary N) is 1. The van der Waals surface area contributed by atoms with Crippen LogP contribution in [0, 0.1) is 5.41 Å². The Hall–Kier alpha value is -0.610. The Kier molecular flexibility index (Phi) is 4.11. The molecule has 0 aromatic rings. The first-order valence-corrected chi connectivity index (χ1v) is 5.70. The standard InChI is InChI=1S/C11H24N4/c1-8(5-11(12)13)15-6-9(2)14(4)10(3)7-15/h8-10H,5-7H2,1-4H3,(H3,12,13). The molecule has 1 aliphatic heterocycles. The molecule has 4 heteroatoms. The van der Waals surface area contributed by atoms with Crippen molar-refractivity contribution in [3.8, 4) is 0 Å². The van der Waals surface area contributed by atoms with Crippen LogP contribution >= 0.6 is 0 Å². The summed E-state index contributed by atoms with van der Waals surface area (Å²) in [6, 6.07) is 1.56. The van der Waals surface area contributed by atoms with Crippen molar-refractivity contribution in [2.75, 3.05) is 20.1 Å². The number of nitrogens with one attached hydrogen (secondary N) is 1. The average molecular weight is 212 g/mol. The van der Waals surface area contributed by atoms with E-state index in [1.807, 2.05) is 0 Å². The van der Waals surface area contributed by atoms with Gasteiger partial charge < -0.3 is 5.73 Å². The van der Waals surface area contributed by atoms with Gasteiger partial charge in [-0.2, -0.15) is 0 Å². The molecule has 0 bridgehead atoms. The molecule has 0 saturated carbocycles. The molecule has 1 heterocycles. The SMILES string of the molecule is CC(CC(=N)N)N1CC(C)N(C)C(C)C1. The molecule has 88 valence electrons. The van der Waals surface area contributed by atoms with Gasteiger partial charge in [0.1, 0.15) is 0 Å². The summed E-state index contributed by atoms with van der Waals surface area (Å²) in [6.45, 7) is 8.82. The van der Waals surface area contributed by atoms with Crippen LogP contribution in [-0.2, 0) is 0 Å². The minimum absolute atomic E-state index is 0.293. The predicted molar refractivity (Wildman–Crippen MR) is 64.3 cm³/mol. The maximum absolute atomic E-state index is 7.32. The van der Waals surface area contributed by atoms with Crippen molar-refractivity contribution in [2.24, 2.45) is 5.73 Å². The highest BCUT2D eigenvalue weighted by atomic mass is 15.3. The van der Waals surface area contributed by atoms with E-state index in [0.29, 0.717) is 30.4 Å². The summed E-state index contributed by atoms with van der Waals surface area (Å²) in [7, 11) is 2.18. The Bertz CT molecular complexity index is 217. The number of likely N-dealkylation sites (N-methyl/N-ethyl adjacent to an activating group) is 1. The van der Waals surface area contributed by atoms with E-state index < -0.39 is 0 Å². The van der Waals surface area contributed by atoms with Gasteiger partial charge in [-0.25, -0.2) is 0 Å². The third kappa shape index (κ3) is 3.18. The molecule has 1 rings (SSSR count). The van der Waals surface area contributed by atoms with Crippen molar-refractivity contribution in [3.63, 3.8) is 0 Å². The summed E-state index contributed by atoms with van der Waals surface area (Å²) in [5.41, 5.74) is 5.44. The van der Waals surface area contributed by atoms with Crippen molar-refractivity contribution in [2.45, 2.75) is 45.3 Å². The molecule has 0 aliphatic carbocycles. The molecule has 1 saturated heterocycles. The quantitative estimate of drug-likeness (QED) is 0.535. The molecular weight excluding hydrogens is 188 g/mol. The lowest BCUT2D eigenvalue weighted by atomic mass is 10.1. The fourth-order valence-corrected chi connectivity index (χ4v) is 2.25.